The van der Waals surface area contributed by atoms with E-state index in [-0.39, 0.29) is 6.42 Å². The standard InChI is InChI=1S/C25H27N3O4/c1-18-7-2-3-8-21(18)24(29)28-22(25(30)31)17-19-10-12-20(13-11-19)32-16-6-15-27-23-9-4-5-14-26-23/h2-5,7-14,22H,6,15-17H2,1H3,(H,26,27)(H,28,29)(H,30,31)/t22-/m0/s1. The smallest absolute Gasteiger partial charge is 0.326 e. The molecule has 1 atom stereocenters. The molecule has 0 radical (unpaired) electrons. The number of carbonyl (C=O) groups is 2. The van der Waals surface area contributed by atoms with E-state index in [0.717, 1.165) is 29.9 Å². The van der Waals surface area contributed by atoms with Crippen molar-refractivity contribution in [3.63, 3.8) is 0 Å². The van der Waals surface area contributed by atoms with Gasteiger partial charge >= 0.3 is 5.97 Å². The summed E-state index contributed by atoms with van der Waals surface area (Å²) in [5.41, 5.74) is 2.07. The van der Waals surface area contributed by atoms with E-state index in [1.807, 2.05) is 61.5 Å². The zero-order valence-corrected chi connectivity index (χ0v) is 18.0. The van der Waals surface area contributed by atoms with Crippen molar-refractivity contribution in [2.24, 2.45) is 0 Å². The number of aryl methyl sites for hydroxylation is 1. The minimum atomic E-state index is -1.08. The van der Waals surface area contributed by atoms with Crippen LogP contribution in [0.1, 0.15) is 27.9 Å². The van der Waals surface area contributed by atoms with Gasteiger partial charge < -0.3 is 20.5 Å². The number of carboxylic acid groups (broad SMARTS) is 1. The predicted molar refractivity (Wildman–Crippen MR) is 123 cm³/mol. The summed E-state index contributed by atoms with van der Waals surface area (Å²) < 4.78 is 5.74. The van der Waals surface area contributed by atoms with Crippen LogP contribution in [0.15, 0.2) is 72.9 Å². The van der Waals surface area contributed by atoms with E-state index in [9.17, 15) is 14.7 Å². The summed E-state index contributed by atoms with van der Waals surface area (Å²) >= 11 is 0. The van der Waals surface area contributed by atoms with Crippen molar-refractivity contribution in [3.8, 4) is 5.75 Å². The molecule has 0 aliphatic carbocycles. The van der Waals surface area contributed by atoms with E-state index in [4.69, 9.17) is 4.74 Å². The molecule has 0 aliphatic rings. The summed E-state index contributed by atoms with van der Waals surface area (Å²) in [6.07, 6.45) is 2.73. The molecule has 0 saturated carbocycles. The Morgan fingerprint density at radius 2 is 1.78 bits per heavy atom. The van der Waals surface area contributed by atoms with Crippen molar-refractivity contribution in [1.82, 2.24) is 10.3 Å². The van der Waals surface area contributed by atoms with Crippen LogP contribution in [0.5, 0.6) is 5.75 Å². The minimum Gasteiger partial charge on any atom is -0.494 e. The first-order chi connectivity index (χ1) is 15.5. The summed E-state index contributed by atoms with van der Waals surface area (Å²) in [6.45, 7) is 3.11. The molecule has 1 heterocycles. The van der Waals surface area contributed by atoms with E-state index >= 15 is 0 Å². The Labute approximate surface area is 187 Å². The number of rotatable bonds is 11. The maximum Gasteiger partial charge on any atom is 0.326 e. The number of hydrogen-bond donors (Lipinski definition) is 3. The van der Waals surface area contributed by atoms with Gasteiger partial charge in [-0.25, -0.2) is 9.78 Å². The average molecular weight is 434 g/mol. The molecule has 1 amide bonds. The molecular weight excluding hydrogens is 406 g/mol. The molecule has 0 aliphatic heterocycles. The molecule has 3 rings (SSSR count). The van der Waals surface area contributed by atoms with Crippen LogP contribution >= 0.6 is 0 Å². The van der Waals surface area contributed by atoms with Gasteiger partial charge in [-0.05, 0) is 54.8 Å². The highest BCUT2D eigenvalue weighted by molar-refractivity contribution is 5.97. The first-order valence-electron chi connectivity index (χ1n) is 10.5. The molecule has 0 unspecified atom stereocenters. The Bertz CT molecular complexity index is 1020. The van der Waals surface area contributed by atoms with Crippen LogP contribution in [-0.4, -0.2) is 41.2 Å². The average Bonchev–Trinajstić information content (AvgIpc) is 2.80. The van der Waals surface area contributed by atoms with E-state index in [1.165, 1.54) is 0 Å². The molecule has 166 valence electrons. The number of carboxylic acids is 1. The monoisotopic (exact) mass is 433 g/mol. The van der Waals surface area contributed by atoms with Crippen molar-refractivity contribution in [2.45, 2.75) is 25.8 Å². The van der Waals surface area contributed by atoms with Gasteiger partial charge in [0.05, 0.1) is 6.61 Å². The lowest BCUT2D eigenvalue weighted by atomic mass is 10.0. The third kappa shape index (κ3) is 6.84. The van der Waals surface area contributed by atoms with Crippen molar-refractivity contribution in [2.75, 3.05) is 18.5 Å². The SMILES string of the molecule is Cc1ccccc1C(=O)N[C@@H](Cc1ccc(OCCCNc2ccccn2)cc1)C(=O)O. The Kier molecular flexibility index (Phi) is 8.20. The zero-order valence-electron chi connectivity index (χ0n) is 18.0. The lowest BCUT2D eigenvalue weighted by Gasteiger charge is -2.16. The van der Waals surface area contributed by atoms with E-state index in [1.54, 1.807) is 18.3 Å². The summed E-state index contributed by atoms with van der Waals surface area (Å²) in [6, 6.07) is 19.0. The number of amides is 1. The number of carbonyl (C=O) groups excluding carboxylic acids is 1. The number of aliphatic carboxylic acids is 1. The Morgan fingerprint density at radius 3 is 2.47 bits per heavy atom. The number of benzene rings is 2. The molecule has 0 fully saturated rings. The van der Waals surface area contributed by atoms with Gasteiger partial charge in [0.2, 0.25) is 0 Å². The molecule has 7 heteroatoms. The fourth-order valence-electron chi connectivity index (χ4n) is 3.17. The number of pyridine rings is 1. The van der Waals surface area contributed by atoms with Gasteiger partial charge in [-0.1, -0.05) is 36.4 Å². The minimum absolute atomic E-state index is 0.182. The highest BCUT2D eigenvalue weighted by atomic mass is 16.5. The van der Waals surface area contributed by atoms with Gasteiger partial charge in [0.25, 0.3) is 5.91 Å². The quantitative estimate of drug-likeness (QED) is 0.399. The molecule has 32 heavy (non-hydrogen) atoms. The third-order valence-electron chi connectivity index (χ3n) is 4.92. The summed E-state index contributed by atoms with van der Waals surface area (Å²) in [4.78, 5) is 28.4. The van der Waals surface area contributed by atoms with Gasteiger partial charge in [0, 0.05) is 24.7 Å². The normalized spacial score (nSPS) is 11.4. The van der Waals surface area contributed by atoms with Crippen molar-refractivity contribution in [3.05, 3.63) is 89.6 Å². The molecule has 3 N–H and O–H groups in total. The topological polar surface area (TPSA) is 101 Å². The second-order valence-electron chi connectivity index (χ2n) is 7.37. The van der Waals surface area contributed by atoms with Crippen molar-refractivity contribution < 1.29 is 19.4 Å². The predicted octanol–water partition coefficient (Wildman–Crippen LogP) is 3.70. The molecule has 1 aromatic heterocycles. The number of hydrogen-bond acceptors (Lipinski definition) is 5. The molecule has 7 nitrogen and oxygen atoms in total. The number of aromatic nitrogens is 1. The molecule has 2 aromatic carbocycles. The van der Waals surface area contributed by atoms with Crippen LogP contribution in [0.4, 0.5) is 5.82 Å². The lowest BCUT2D eigenvalue weighted by molar-refractivity contribution is -0.139. The maximum absolute atomic E-state index is 12.5. The molecule has 3 aromatic rings. The largest absolute Gasteiger partial charge is 0.494 e. The van der Waals surface area contributed by atoms with Crippen molar-refractivity contribution in [1.29, 1.82) is 0 Å². The van der Waals surface area contributed by atoms with Crippen LogP contribution in [-0.2, 0) is 11.2 Å². The second kappa shape index (κ2) is 11.5. The van der Waals surface area contributed by atoms with Gasteiger partial charge in [-0.3, -0.25) is 4.79 Å². The van der Waals surface area contributed by atoms with Crippen LogP contribution < -0.4 is 15.4 Å². The number of anilines is 1. The van der Waals surface area contributed by atoms with Gasteiger partial charge in [0.1, 0.15) is 17.6 Å². The van der Waals surface area contributed by atoms with Crippen LogP contribution in [0.3, 0.4) is 0 Å². The summed E-state index contributed by atoms with van der Waals surface area (Å²) in [7, 11) is 0. The fraction of sp³-hybridized carbons (Fsp3) is 0.240. The highest BCUT2D eigenvalue weighted by Crippen LogP contribution is 2.15. The first-order valence-corrected chi connectivity index (χ1v) is 10.5. The Balaban J connectivity index is 1.47. The highest BCUT2D eigenvalue weighted by Gasteiger charge is 2.21. The van der Waals surface area contributed by atoms with Crippen LogP contribution in [0, 0.1) is 6.92 Å². The van der Waals surface area contributed by atoms with Crippen molar-refractivity contribution >= 4 is 17.7 Å². The van der Waals surface area contributed by atoms with E-state index in [0.29, 0.717) is 17.9 Å². The van der Waals surface area contributed by atoms with Crippen LogP contribution in [0.2, 0.25) is 0 Å². The lowest BCUT2D eigenvalue weighted by Crippen LogP contribution is -2.42. The number of nitrogens with zero attached hydrogens (tertiary/aromatic N) is 1. The van der Waals surface area contributed by atoms with Gasteiger partial charge in [-0.15, -0.1) is 0 Å². The third-order valence-corrected chi connectivity index (χ3v) is 4.92. The Morgan fingerprint density at radius 1 is 1.03 bits per heavy atom. The zero-order chi connectivity index (χ0) is 22.8. The van der Waals surface area contributed by atoms with Crippen LogP contribution in [0.25, 0.3) is 0 Å². The molecule has 0 bridgehead atoms. The summed E-state index contributed by atoms with van der Waals surface area (Å²) in [5, 5.41) is 15.4. The van der Waals surface area contributed by atoms with E-state index in [2.05, 4.69) is 15.6 Å². The molecule has 0 spiro atoms. The number of ether oxygens (including phenoxy) is 1. The van der Waals surface area contributed by atoms with Gasteiger partial charge in [0.15, 0.2) is 0 Å². The fourth-order valence-corrected chi connectivity index (χ4v) is 3.17. The maximum atomic E-state index is 12.5. The molecular formula is C25H27N3O4. The second-order valence-corrected chi connectivity index (χ2v) is 7.37. The first kappa shape index (κ1) is 22.8. The summed E-state index contributed by atoms with van der Waals surface area (Å²) in [5.74, 6) is 0.0733. The van der Waals surface area contributed by atoms with Gasteiger partial charge in [-0.2, -0.15) is 0 Å². The number of nitrogens with one attached hydrogen (secondary N) is 2. The molecule has 0 saturated heterocycles. The Hall–Kier alpha value is -3.87. The van der Waals surface area contributed by atoms with E-state index < -0.39 is 17.9 Å².